The normalized spacial score (nSPS) is 10.4. The number of hydrogen-bond acceptors (Lipinski definition) is 4. The average molecular weight is 360 g/mol. The van der Waals surface area contributed by atoms with Gasteiger partial charge in [0.25, 0.3) is 0 Å². The lowest BCUT2D eigenvalue weighted by molar-refractivity contribution is 0.103. The fourth-order valence-electron chi connectivity index (χ4n) is 2.71. The minimum absolute atomic E-state index is 0.0671. The van der Waals surface area contributed by atoms with Crippen molar-refractivity contribution in [1.82, 2.24) is 4.98 Å². The zero-order valence-electron chi connectivity index (χ0n) is 15.7. The van der Waals surface area contributed by atoms with Gasteiger partial charge in [-0.3, -0.25) is 4.79 Å². The van der Waals surface area contributed by atoms with Crippen molar-refractivity contribution in [1.29, 1.82) is 0 Å². The van der Waals surface area contributed by atoms with E-state index in [9.17, 15) is 4.79 Å². The lowest BCUT2D eigenvalue weighted by Crippen LogP contribution is -2.10. The van der Waals surface area contributed by atoms with Crippen LogP contribution in [-0.2, 0) is 6.61 Å². The van der Waals surface area contributed by atoms with Gasteiger partial charge >= 0.3 is 0 Å². The first-order valence-corrected chi connectivity index (χ1v) is 9.19. The first-order valence-electron chi connectivity index (χ1n) is 9.19. The lowest BCUT2D eigenvalue weighted by Gasteiger charge is -2.11. The minimum atomic E-state index is -0.0671. The highest BCUT2D eigenvalue weighted by molar-refractivity contribution is 6.12. The number of nitrogens with one attached hydrogen (secondary N) is 1. The summed E-state index contributed by atoms with van der Waals surface area (Å²) < 4.78 is 5.87. The molecular weight excluding hydrogens is 336 g/mol. The third-order valence-corrected chi connectivity index (χ3v) is 4.22. The Kier molecular flexibility index (Phi) is 6.21. The Balaban J connectivity index is 1.75. The minimum Gasteiger partial charge on any atom is -0.489 e. The van der Waals surface area contributed by atoms with E-state index in [1.807, 2.05) is 24.3 Å². The fourth-order valence-corrected chi connectivity index (χ4v) is 2.71. The van der Waals surface area contributed by atoms with E-state index in [-0.39, 0.29) is 5.78 Å². The number of hydrogen-bond donors (Lipinski definition) is 1. The molecule has 138 valence electrons. The smallest absolute Gasteiger partial charge is 0.196 e. The third-order valence-electron chi connectivity index (χ3n) is 4.22. The summed E-state index contributed by atoms with van der Waals surface area (Å²) in [6, 6.07) is 19.1. The number of ether oxygens (including phenoxy) is 1. The topological polar surface area (TPSA) is 51.2 Å². The summed E-state index contributed by atoms with van der Waals surface area (Å²) in [5.74, 6) is 1.23. The molecule has 0 amide bonds. The van der Waals surface area contributed by atoms with E-state index >= 15 is 0 Å². The van der Waals surface area contributed by atoms with Crippen LogP contribution < -0.4 is 10.1 Å². The second-order valence-corrected chi connectivity index (χ2v) is 6.46. The highest BCUT2D eigenvalue weighted by atomic mass is 16.5. The molecule has 0 aliphatic carbocycles. The van der Waals surface area contributed by atoms with Crippen LogP contribution in [0.5, 0.6) is 5.75 Å². The number of carbonyl (C=O) groups is 1. The second kappa shape index (κ2) is 8.99. The number of rotatable bonds is 8. The van der Waals surface area contributed by atoms with Gasteiger partial charge in [0, 0.05) is 18.3 Å². The molecule has 2 aromatic carbocycles. The van der Waals surface area contributed by atoms with Crippen molar-refractivity contribution in [2.75, 3.05) is 11.9 Å². The molecule has 0 fully saturated rings. The summed E-state index contributed by atoms with van der Waals surface area (Å²) in [5.41, 5.74) is 3.47. The Hall–Kier alpha value is -3.14. The summed E-state index contributed by atoms with van der Waals surface area (Å²) in [6.45, 7) is 5.37. The fraction of sp³-hybridized carbons (Fsp3) is 0.217. The number of aryl methyl sites for hydroxylation is 1. The van der Waals surface area contributed by atoms with Crippen LogP contribution in [0.15, 0.2) is 66.9 Å². The van der Waals surface area contributed by atoms with Crippen LogP contribution in [0.1, 0.15) is 40.4 Å². The molecule has 0 aliphatic rings. The van der Waals surface area contributed by atoms with Crippen LogP contribution in [0.25, 0.3) is 0 Å². The molecule has 1 aromatic heterocycles. The summed E-state index contributed by atoms with van der Waals surface area (Å²) in [5, 5.41) is 3.22. The van der Waals surface area contributed by atoms with Gasteiger partial charge in [0.2, 0.25) is 0 Å². The van der Waals surface area contributed by atoms with Crippen LogP contribution >= 0.6 is 0 Å². The maximum absolute atomic E-state index is 13.0. The van der Waals surface area contributed by atoms with Crippen molar-refractivity contribution in [3.8, 4) is 5.75 Å². The summed E-state index contributed by atoms with van der Waals surface area (Å²) in [6.07, 6.45) is 2.66. The van der Waals surface area contributed by atoms with Crippen molar-refractivity contribution in [3.05, 3.63) is 89.1 Å². The van der Waals surface area contributed by atoms with Gasteiger partial charge in [-0.25, -0.2) is 4.98 Å². The number of aromatic nitrogens is 1. The highest BCUT2D eigenvalue weighted by Crippen LogP contribution is 2.21. The molecule has 0 bridgehead atoms. The Labute approximate surface area is 160 Å². The van der Waals surface area contributed by atoms with Crippen LogP contribution in [0.3, 0.4) is 0 Å². The number of ketones is 1. The molecule has 0 aliphatic heterocycles. The molecule has 0 radical (unpaired) electrons. The maximum Gasteiger partial charge on any atom is 0.196 e. The monoisotopic (exact) mass is 360 g/mol. The van der Waals surface area contributed by atoms with E-state index in [0.29, 0.717) is 29.3 Å². The van der Waals surface area contributed by atoms with E-state index < -0.39 is 0 Å². The van der Waals surface area contributed by atoms with Crippen LogP contribution in [0.4, 0.5) is 5.82 Å². The number of pyridine rings is 1. The van der Waals surface area contributed by atoms with E-state index in [0.717, 1.165) is 18.5 Å². The van der Waals surface area contributed by atoms with Gasteiger partial charge in [-0.1, -0.05) is 48.9 Å². The Morgan fingerprint density at radius 3 is 2.67 bits per heavy atom. The molecule has 0 spiro atoms. The van der Waals surface area contributed by atoms with Crippen molar-refractivity contribution in [2.45, 2.75) is 26.9 Å². The molecule has 4 nitrogen and oxygen atoms in total. The van der Waals surface area contributed by atoms with E-state index in [1.165, 1.54) is 5.56 Å². The Morgan fingerprint density at radius 1 is 1.07 bits per heavy atom. The van der Waals surface area contributed by atoms with E-state index in [2.05, 4.69) is 36.3 Å². The molecular formula is C23H24N2O2. The van der Waals surface area contributed by atoms with Gasteiger partial charge in [0.05, 0.1) is 5.56 Å². The maximum atomic E-state index is 13.0. The third kappa shape index (κ3) is 4.94. The van der Waals surface area contributed by atoms with Crippen molar-refractivity contribution >= 4 is 11.6 Å². The van der Waals surface area contributed by atoms with E-state index in [1.54, 1.807) is 30.5 Å². The molecule has 1 heterocycles. The molecule has 0 atom stereocenters. The molecule has 0 unspecified atom stereocenters. The number of carbonyl (C=O) groups excluding carboxylic acids is 1. The summed E-state index contributed by atoms with van der Waals surface area (Å²) in [4.78, 5) is 17.3. The van der Waals surface area contributed by atoms with Gasteiger partial charge in [-0.2, -0.15) is 0 Å². The first-order chi connectivity index (χ1) is 13.2. The molecule has 4 heteroatoms. The quantitative estimate of drug-likeness (QED) is 0.573. The largest absolute Gasteiger partial charge is 0.489 e. The average Bonchev–Trinajstić information content (AvgIpc) is 2.72. The van der Waals surface area contributed by atoms with E-state index in [4.69, 9.17) is 4.74 Å². The van der Waals surface area contributed by atoms with Gasteiger partial charge in [-0.15, -0.1) is 0 Å². The predicted molar refractivity (Wildman–Crippen MR) is 108 cm³/mol. The molecule has 27 heavy (non-hydrogen) atoms. The first kappa shape index (κ1) is 18.6. The predicted octanol–water partition coefficient (Wildman–Crippen LogP) is 5.02. The Morgan fingerprint density at radius 2 is 1.89 bits per heavy atom. The van der Waals surface area contributed by atoms with Gasteiger partial charge < -0.3 is 10.1 Å². The molecule has 0 saturated heterocycles. The van der Waals surface area contributed by atoms with Crippen molar-refractivity contribution in [3.63, 3.8) is 0 Å². The Bertz CT molecular complexity index is 904. The van der Waals surface area contributed by atoms with Crippen molar-refractivity contribution in [2.24, 2.45) is 0 Å². The number of anilines is 1. The highest BCUT2D eigenvalue weighted by Gasteiger charge is 2.15. The molecule has 1 N–H and O–H groups in total. The summed E-state index contributed by atoms with van der Waals surface area (Å²) >= 11 is 0. The van der Waals surface area contributed by atoms with Crippen LogP contribution in [0.2, 0.25) is 0 Å². The summed E-state index contributed by atoms with van der Waals surface area (Å²) in [7, 11) is 0. The van der Waals surface area contributed by atoms with Gasteiger partial charge in [-0.05, 0) is 43.2 Å². The van der Waals surface area contributed by atoms with Crippen LogP contribution in [-0.4, -0.2) is 17.3 Å². The molecule has 3 rings (SSSR count). The standard InChI is InChI=1S/C23H24N2O2/c1-3-13-24-23-21(8-5-14-25-23)22(26)19-6-4-7-20(15-19)27-16-18-11-9-17(2)10-12-18/h4-12,14-15H,3,13,16H2,1-2H3,(H,24,25). The zero-order chi connectivity index (χ0) is 19.1. The number of nitrogens with zero attached hydrogens (tertiary/aromatic N) is 1. The number of benzene rings is 2. The molecule has 0 saturated carbocycles. The second-order valence-electron chi connectivity index (χ2n) is 6.46. The van der Waals surface area contributed by atoms with Crippen LogP contribution in [0, 0.1) is 6.92 Å². The van der Waals surface area contributed by atoms with Gasteiger partial charge in [0.1, 0.15) is 18.2 Å². The molecule has 3 aromatic rings. The van der Waals surface area contributed by atoms with Crippen molar-refractivity contribution < 1.29 is 9.53 Å². The SMILES string of the molecule is CCCNc1ncccc1C(=O)c1cccc(OCc2ccc(C)cc2)c1. The zero-order valence-corrected chi connectivity index (χ0v) is 15.7. The van der Waals surface area contributed by atoms with Gasteiger partial charge in [0.15, 0.2) is 5.78 Å². The lowest BCUT2D eigenvalue weighted by atomic mass is 10.0.